The van der Waals surface area contributed by atoms with Crippen LogP contribution in [0.3, 0.4) is 0 Å². The van der Waals surface area contributed by atoms with Gasteiger partial charge in [-0.25, -0.2) is 0 Å². The first-order chi connectivity index (χ1) is 7.29. The van der Waals surface area contributed by atoms with E-state index in [1.165, 1.54) is 0 Å². The van der Waals surface area contributed by atoms with E-state index in [1.54, 1.807) is 6.08 Å². The van der Waals surface area contributed by atoms with Crippen molar-refractivity contribution in [3.05, 3.63) is 53.5 Å². The molecule has 0 unspecified atom stereocenters. The minimum atomic E-state index is -1.38. The smallest absolute Gasteiger partial charge is 0.423 e. The molecule has 1 aromatic rings. The van der Waals surface area contributed by atoms with Crippen LogP contribution >= 0.6 is 0 Å². The molecule has 1 aliphatic rings. The highest BCUT2D eigenvalue weighted by molar-refractivity contribution is 6.53. The minimum Gasteiger partial charge on any atom is -0.423 e. The molecule has 2 nitrogen and oxygen atoms in total. The van der Waals surface area contributed by atoms with Crippen molar-refractivity contribution in [1.82, 2.24) is 0 Å². The molecule has 0 saturated heterocycles. The van der Waals surface area contributed by atoms with Crippen molar-refractivity contribution in [2.45, 2.75) is 12.8 Å². The molecule has 0 atom stereocenters. The fraction of sp³-hybridized carbons (Fsp3) is 0.167. The average molecular weight is 200 g/mol. The van der Waals surface area contributed by atoms with Crippen LogP contribution in [0.15, 0.2) is 48.0 Å². The molecule has 0 amide bonds. The summed E-state index contributed by atoms with van der Waals surface area (Å²) in [7, 11) is -1.38. The van der Waals surface area contributed by atoms with Crippen LogP contribution in [0.5, 0.6) is 0 Å². The molecule has 0 saturated carbocycles. The Balaban J connectivity index is 2.45. The lowest BCUT2D eigenvalue weighted by Crippen LogP contribution is -2.17. The van der Waals surface area contributed by atoms with Crippen LogP contribution in [0.4, 0.5) is 0 Å². The topological polar surface area (TPSA) is 40.5 Å². The zero-order chi connectivity index (χ0) is 10.7. The minimum absolute atomic E-state index is 0.618. The SMILES string of the molecule is OB(O)C1=C(c2ccccc2)CCC=C1. The van der Waals surface area contributed by atoms with Crippen LogP contribution in [0.25, 0.3) is 5.57 Å². The predicted octanol–water partition coefficient (Wildman–Crippen LogP) is 1.80. The summed E-state index contributed by atoms with van der Waals surface area (Å²) in [4.78, 5) is 0. The van der Waals surface area contributed by atoms with Crippen molar-refractivity contribution in [2.24, 2.45) is 0 Å². The number of benzene rings is 1. The number of allylic oxidation sites excluding steroid dienone is 4. The van der Waals surface area contributed by atoms with E-state index in [0.29, 0.717) is 5.47 Å². The molecule has 0 radical (unpaired) electrons. The summed E-state index contributed by atoms with van der Waals surface area (Å²) >= 11 is 0. The first kappa shape index (κ1) is 10.2. The molecule has 3 heteroatoms. The van der Waals surface area contributed by atoms with Crippen molar-refractivity contribution >= 4 is 12.7 Å². The molecule has 76 valence electrons. The van der Waals surface area contributed by atoms with Crippen LogP contribution < -0.4 is 0 Å². The normalized spacial score (nSPS) is 15.6. The second kappa shape index (κ2) is 4.47. The van der Waals surface area contributed by atoms with Crippen molar-refractivity contribution in [1.29, 1.82) is 0 Å². The van der Waals surface area contributed by atoms with Gasteiger partial charge in [0.1, 0.15) is 0 Å². The Morgan fingerprint density at radius 1 is 1.07 bits per heavy atom. The van der Waals surface area contributed by atoms with Gasteiger partial charge in [-0.2, -0.15) is 0 Å². The quantitative estimate of drug-likeness (QED) is 0.714. The highest BCUT2D eigenvalue weighted by Gasteiger charge is 2.19. The summed E-state index contributed by atoms with van der Waals surface area (Å²) in [6, 6.07) is 9.87. The molecule has 15 heavy (non-hydrogen) atoms. The lowest BCUT2D eigenvalue weighted by atomic mass is 9.72. The Hall–Kier alpha value is -1.32. The Morgan fingerprint density at radius 2 is 1.80 bits per heavy atom. The molecule has 0 aromatic heterocycles. The zero-order valence-corrected chi connectivity index (χ0v) is 8.43. The maximum absolute atomic E-state index is 9.26. The van der Waals surface area contributed by atoms with Crippen molar-refractivity contribution in [2.75, 3.05) is 0 Å². The van der Waals surface area contributed by atoms with E-state index < -0.39 is 7.12 Å². The van der Waals surface area contributed by atoms with E-state index in [-0.39, 0.29) is 0 Å². The van der Waals surface area contributed by atoms with Gasteiger partial charge >= 0.3 is 7.12 Å². The molecular formula is C12H13BO2. The molecule has 0 heterocycles. The van der Waals surface area contributed by atoms with E-state index in [2.05, 4.69) is 0 Å². The van der Waals surface area contributed by atoms with Crippen LogP contribution in [-0.2, 0) is 0 Å². The first-order valence-corrected chi connectivity index (χ1v) is 5.10. The molecule has 0 spiro atoms. The third-order valence-electron chi connectivity index (χ3n) is 2.61. The Bertz CT molecular complexity index is 393. The van der Waals surface area contributed by atoms with Gasteiger partial charge < -0.3 is 10.0 Å². The monoisotopic (exact) mass is 200 g/mol. The van der Waals surface area contributed by atoms with Gasteiger partial charge in [-0.1, -0.05) is 42.5 Å². The predicted molar refractivity (Wildman–Crippen MR) is 61.9 cm³/mol. The van der Waals surface area contributed by atoms with Crippen molar-refractivity contribution < 1.29 is 10.0 Å². The Labute approximate surface area is 89.7 Å². The molecule has 0 fully saturated rings. The van der Waals surface area contributed by atoms with Gasteiger partial charge in [-0.05, 0) is 29.5 Å². The van der Waals surface area contributed by atoms with Gasteiger partial charge in [0, 0.05) is 0 Å². The molecule has 2 rings (SSSR count). The Morgan fingerprint density at radius 3 is 2.47 bits per heavy atom. The van der Waals surface area contributed by atoms with E-state index >= 15 is 0 Å². The summed E-state index contributed by atoms with van der Waals surface area (Å²) in [5.74, 6) is 0. The van der Waals surface area contributed by atoms with Crippen LogP contribution in [0.2, 0.25) is 0 Å². The van der Waals surface area contributed by atoms with Gasteiger partial charge in [0.2, 0.25) is 0 Å². The average Bonchev–Trinajstić information content (AvgIpc) is 2.30. The molecule has 0 bridgehead atoms. The number of hydrogen-bond donors (Lipinski definition) is 2. The van der Waals surface area contributed by atoms with Gasteiger partial charge in [0.25, 0.3) is 0 Å². The molecule has 2 N–H and O–H groups in total. The second-order valence-electron chi connectivity index (χ2n) is 3.61. The summed E-state index contributed by atoms with van der Waals surface area (Å²) in [5.41, 5.74) is 2.73. The highest BCUT2D eigenvalue weighted by Crippen LogP contribution is 2.28. The number of rotatable bonds is 2. The van der Waals surface area contributed by atoms with Gasteiger partial charge in [-0.15, -0.1) is 0 Å². The maximum atomic E-state index is 9.26. The maximum Gasteiger partial charge on any atom is 0.488 e. The number of hydrogen-bond acceptors (Lipinski definition) is 2. The third kappa shape index (κ3) is 2.20. The second-order valence-corrected chi connectivity index (χ2v) is 3.61. The standard InChI is InChI=1S/C12H13BO2/c14-13(15)12-9-5-4-8-11(12)10-6-2-1-3-7-10/h1-3,5-7,9,14-15H,4,8H2. The lowest BCUT2D eigenvalue weighted by Gasteiger charge is -2.15. The summed E-state index contributed by atoms with van der Waals surface area (Å²) in [6.07, 6.45) is 5.60. The molecule has 1 aliphatic carbocycles. The van der Waals surface area contributed by atoms with Crippen molar-refractivity contribution in [3.63, 3.8) is 0 Å². The lowest BCUT2D eigenvalue weighted by molar-refractivity contribution is 0.420. The first-order valence-electron chi connectivity index (χ1n) is 5.10. The van der Waals surface area contributed by atoms with E-state index in [0.717, 1.165) is 24.0 Å². The highest BCUT2D eigenvalue weighted by atomic mass is 16.4. The molecule has 1 aromatic carbocycles. The molecule has 0 aliphatic heterocycles. The fourth-order valence-electron chi connectivity index (χ4n) is 1.88. The van der Waals surface area contributed by atoms with E-state index in [9.17, 15) is 10.0 Å². The largest absolute Gasteiger partial charge is 0.488 e. The summed E-state index contributed by atoms with van der Waals surface area (Å²) < 4.78 is 0. The van der Waals surface area contributed by atoms with Crippen LogP contribution in [0.1, 0.15) is 18.4 Å². The van der Waals surface area contributed by atoms with Crippen molar-refractivity contribution in [3.8, 4) is 0 Å². The Kier molecular flexibility index (Phi) is 3.04. The van der Waals surface area contributed by atoms with E-state index in [1.807, 2.05) is 36.4 Å². The van der Waals surface area contributed by atoms with Gasteiger partial charge in [0.05, 0.1) is 0 Å². The third-order valence-corrected chi connectivity index (χ3v) is 2.61. The zero-order valence-electron chi connectivity index (χ0n) is 8.43. The molecular weight excluding hydrogens is 187 g/mol. The summed E-state index contributed by atoms with van der Waals surface area (Å²) in [5, 5.41) is 18.5. The van der Waals surface area contributed by atoms with Gasteiger partial charge in [0.15, 0.2) is 0 Å². The summed E-state index contributed by atoms with van der Waals surface area (Å²) in [6.45, 7) is 0. The van der Waals surface area contributed by atoms with E-state index in [4.69, 9.17) is 0 Å². The van der Waals surface area contributed by atoms with Crippen LogP contribution in [0, 0.1) is 0 Å². The van der Waals surface area contributed by atoms with Gasteiger partial charge in [-0.3, -0.25) is 0 Å². The fourth-order valence-corrected chi connectivity index (χ4v) is 1.88. The van der Waals surface area contributed by atoms with Crippen LogP contribution in [-0.4, -0.2) is 17.2 Å².